The molecule has 1 aliphatic rings. The van der Waals surface area contributed by atoms with Gasteiger partial charge in [-0.1, -0.05) is 12.1 Å². The van der Waals surface area contributed by atoms with Gasteiger partial charge in [0.15, 0.2) is 12.6 Å². The second-order valence-corrected chi connectivity index (χ2v) is 7.55. The summed E-state index contributed by atoms with van der Waals surface area (Å²) in [5.74, 6) is 1.29. The summed E-state index contributed by atoms with van der Waals surface area (Å²) in [5, 5.41) is 16.0. The Bertz CT molecular complexity index is 679. The highest BCUT2D eigenvalue weighted by Crippen LogP contribution is 2.31. The van der Waals surface area contributed by atoms with E-state index in [2.05, 4.69) is 15.6 Å². The number of hydrogen-bond acceptors (Lipinski definition) is 5. The molecule has 0 saturated carbocycles. The predicted molar refractivity (Wildman–Crippen MR) is 128 cm³/mol. The van der Waals surface area contributed by atoms with Crippen molar-refractivity contribution in [1.82, 2.24) is 15.5 Å². The zero-order valence-corrected chi connectivity index (χ0v) is 20.5. The molecule has 0 radical (unpaired) electrons. The number of amides is 1. The van der Waals surface area contributed by atoms with Crippen LogP contribution in [0.15, 0.2) is 29.3 Å². The van der Waals surface area contributed by atoms with E-state index in [1.807, 2.05) is 31.2 Å². The van der Waals surface area contributed by atoms with Gasteiger partial charge < -0.3 is 30.1 Å². The molecule has 170 valence electrons. The van der Waals surface area contributed by atoms with Crippen molar-refractivity contribution in [2.24, 2.45) is 10.4 Å². The van der Waals surface area contributed by atoms with E-state index in [1.165, 1.54) is 4.90 Å². The molecule has 0 bridgehead atoms. The standard InChI is InChI=1S/C21H34N4O4.HI/c1-4-22-20(24-15-21(8-10-26)9-11-28-16-21)23-13-17-6-5-7-18(12-17)29-14-19(27)25(2)3;/h5-7,12,26H,4,8-11,13-16H2,1-3H3,(H2,22,23,24);1H. The normalized spacial score (nSPS) is 18.5. The Morgan fingerprint density at radius 2 is 2.17 bits per heavy atom. The summed E-state index contributed by atoms with van der Waals surface area (Å²) in [5.41, 5.74) is 0.948. The number of benzene rings is 1. The molecule has 0 aliphatic carbocycles. The van der Waals surface area contributed by atoms with Crippen LogP contribution < -0.4 is 15.4 Å². The van der Waals surface area contributed by atoms with E-state index in [9.17, 15) is 9.90 Å². The van der Waals surface area contributed by atoms with Crippen molar-refractivity contribution in [1.29, 1.82) is 0 Å². The van der Waals surface area contributed by atoms with Crippen LogP contribution in [-0.4, -0.2) is 75.5 Å². The maximum atomic E-state index is 11.7. The highest BCUT2D eigenvalue weighted by molar-refractivity contribution is 14.0. The third-order valence-corrected chi connectivity index (χ3v) is 4.98. The fraction of sp³-hybridized carbons (Fsp3) is 0.619. The molecule has 3 N–H and O–H groups in total. The number of carbonyl (C=O) groups is 1. The van der Waals surface area contributed by atoms with Gasteiger partial charge in [-0.2, -0.15) is 0 Å². The van der Waals surface area contributed by atoms with E-state index in [0.29, 0.717) is 31.9 Å². The first-order valence-electron chi connectivity index (χ1n) is 10.1. The lowest BCUT2D eigenvalue weighted by atomic mass is 9.84. The summed E-state index contributed by atoms with van der Waals surface area (Å²) in [6.07, 6.45) is 1.65. The van der Waals surface area contributed by atoms with Crippen LogP contribution in [0.25, 0.3) is 0 Å². The molecular weight excluding hydrogens is 499 g/mol. The van der Waals surface area contributed by atoms with Gasteiger partial charge in [-0.25, -0.2) is 4.99 Å². The second kappa shape index (κ2) is 13.7. The zero-order valence-electron chi connectivity index (χ0n) is 18.1. The topological polar surface area (TPSA) is 95.4 Å². The molecule has 1 aromatic carbocycles. The summed E-state index contributed by atoms with van der Waals surface area (Å²) >= 11 is 0. The summed E-state index contributed by atoms with van der Waals surface area (Å²) in [7, 11) is 3.41. The van der Waals surface area contributed by atoms with Gasteiger partial charge in [-0.05, 0) is 37.5 Å². The third-order valence-electron chi connectivity index (χ3n) is 4.98. The van der Waals surface area contributed by atoms with Crippen molar-refractivity contribution in [2.75, 3.05) is 53.6 Å². The summed E-state index contributed by atoms with van der Waals surface area (Å²) in [6, 6.07) is 7.60. The van der Waals surface area contributed by atoms with Gasteiger partial charge in [0.05, 0.1) is 13.2 Å². The van der Waals surface area contributed by atoms with Crippen molar-refractivity contribution >= 4 is 35.8 Å². The van der Waals surface area contributed by atoms with Gasteiger partial charge in [0.1, 0.15) is 5.75 Å². The number of nitrogens with zero attached hydrogens (tertiary/aromatic N) is 2. The molecule has 1 heterocycles. The van der Waals surface area contributed by atoms with Crippen LogP contribution in [0.1, 0.15) is 25.3 Å². The Balaban J connectivity index is 0.00000450. The highest BCUT2D eigenvalue weighted by Gasteiger charge is 2.34. The van der Waals surface area contributed by atoms with Crippen LogP contribution in [0.4, 0.5) is 0 Å². The van der Waals surface area contributed by atoms with E-state index in [-0.39, 0.29) is 48.5 Å². The number of carbonyl (C=O) groups excluding carboxylic acids is 1. The molecule has 1 amide bonds. The van der Waals surface area contributed by atoms with Gasteiger partial charge in [0.2, 0.25) is 0 Å². The summed E-state index contributed by atoms with van der Waals surface area (Å²) < 4.78 is 11.1. The number of guanidine groups is 1. The third kappa shape index (κ3) is 8.65. The molecule has 1 fully saturated rings. The summed E-state index contributed by atoms with van der Waals surface area (Å²) in [6.45, 7) is 5.53. The lowest BCUT2D eigenvalue weighted by Crippen LogP contribution is -2.44. The summed E-state index contributed by atoms with van der Waals surface area (Å²) in [4.78, 5) is 17.8. The number of hydrogen-bond donors (Lipinski definition) is 3. The van der Waals surface area contributed by atoms with E-state index in [4.69, 9.17) is 9.47 Å². The monoisotopic (exact) mass is 534 g/mol. The van der Waals surface area contributed by atoms with E-state index < -0.39 is 0 Å². The zero-order chi connectivity index (χ0) is 21.1. The smallest absolute Gasteiger partial charge is 0.259 e. The van der Waals surface area contributed by atoms with Gasteiger partial charge in [-0.3, -0.25) is 4.79 Å². The molecule has 1 atom stereocenters. The van der Waals surface area contributed by atoms with E-state index in [1.54, 1.807) is 14.1 Å². The molecule has 1 unspecified atom stereocenters. The maximum absolute atomic E-state index is 11.7. The SMILES string of the molecule is CCNC(=NCc1cccc(OCC(=O)N(C)C)c1)NCC1(CCO)CCOC1.I. The van der Waals surface area contributed by atoms with Crippen LogP contribution in [0.3, 0.4) is 0 Å². The van der Waals surface area contributed by atoms with Crippen LogP contribution in [0.5, 0.6) is 5.75 Å². The van der Waals surface area contributed by atoms with Crippen molar-refractivity contribution in [3.8, 4) is 5.75 Å². The number of likely N-dealkylation sites (N-methyl/N-ethyl adjacent to an activating group) is 1. The molecule has 1 aromatic rings. The number of rotatable bonds is 10. The number of aliphatic hydroxyl groups is 1. The Kier molecular flexibility index (Phi) is 12.0. The van der Waals surface area contributed by atoms with E-state index >= 15 is 0 Å². The van der Waals surface area contributed by atoms with Gasteiger partial charge >= 0.3 is 0 Å². The molecule has 8 nitrogen and oxygen atoms in total. The molecule has 1 saturated heterocycles. The number of halogens is 1. The average Bonchev–Trinajstić information content (AvgIpc) is 3.17. The fourth-order valence-electron chi connectivity index (χ4n) is 3.10. The van der Waals surface area contributed by atoms with Crippen LogP contribution in [0.2, 0.25) is 0 Å². The average molecular weight is 534 g/mol. The maximum Gasteiger partial charge on any atom is 0.259 e. The Morgan fingerprint density at radius 3 is 2.80 bits per heavy atom. The van der Waals surface area contributed by atoms with Gasteiger partial charge in [0, 0.05) is 45.8 Å². The molecule has 2 rings (SSSR count). The minimum absolute atomic E-state index is 0. The Morgan fingerprint density at radius 1 is 1.37 bits per heavy atom. The molecule has 0 spiro atoms. The molecule has 9 heteroatoms. The largest absolute Gasteiger partial charge is 0.484 e. The van der Waals surface area contributed by atoms with Gasteiger partial charge in [0.25, 0.3) is 5.91 Å². The van der Waals surface area contributed by atoms with Crippen molar-refractivity contribution < 1.29 is 19.4 Å². The minimum atomic E-state index is -0.0836. The fourth-order valence-corrected chi connectivity index (χ4v) is 3.10. The number of nitrogens with one attached hydrogen (secondary N) is 2. The second-order valence-electron chi connectivity index (χ2n) is 7.55. The Labute approximate surface area is 196 Å². The van der Waals surface area contributed by atoms with E-state index in [0.717, 1.165) is 31.1 Å². The first-order valence-corrected chi connectivity index (χ1v) is 10.1. The van der Waals surface area contributed by atoms with Crippen LogP contribution in [0, 0.1) is 5.41 Å². The van der Waals surface area contributed by atoms with Crippen LogP contribution >= 0.6 is 24.0 Å². The van der Waals surface area contributed by atoms with Gasteiger partial charge in [-0.15, -0.1) is 24.0 Å². The molecule has 0 aromatic heterocycles. The highest BCUT2D eigenvalue weighted by atomic mass is 127. The van der Waals surface area contributed by atoms with Crippen LogP contribution in [-0.2, 0) is 16.1 Å². The molecule has 30 heavy (non-hydrogen) atoms. The quantitative estimate of drug-likeness (QED) is 0.240. The van der Waals surface area contributed by atoms with Crippen molar-refractivity contribution in [2.45, 2.75) is 26.3 Å². The molecular formula is C21H35IN4O4. The first-order chi connectivity index (χ1) is 14.0. The van der Waals surface area contributed by atoms with Crippen molar-refractivity contribution in [3.63, 3.8) is 0 Å². The minimum Gasteiger partial charge on any atom is -0.484 e. The molecule has 1 aliphatic heterocycles. The van der Waals surface area contributed by atoms with Crippen molar-refractivity contribution in [3.05, 3.63) is 29.8 Å². The predicted octanol–water partition coefficient (Wildman–Crippen LogP) is 1.62. The number of ether oxygens (including phenoxy) is 2. The number of aliphatic imine (C=N–C) groups is 1. The first kappa shape index (κ1) is 26.4. The number of aliphatic hydroxyl groups excluding tert-OH is 1. The Hall–Kier alpha value is -1.59. The lowest BCUT2D eigenvalue weighted by Gasteiger charge is -2.27. The lowest BCUT2D eigenvalue weighted by molar-refractivity contribution is -0.130.